The van der Waals surface area contributed by atoms with Crippen LogP contribution in [-0.4, -0.2) is 48.1 Å². The lowest BCUT2D eigenvalue weighted by molar-refractivity contribution is -0.138. The number of carbonyl (C=O) groups is 2. The summed E-state index contributed by atoms with van der Waals surface area (Å²) in [6.45, 7) is 0.0299. The van der Waals surface area contributed by atoms with Crippen LogP contribution < -0.4 is 4.90 Å². The molecule has 0 radical (unpaired) electrons. The van der Waals surface area contributed by atoms with Gasteiger partial charge >= 0.3 is 0 Å². The van der Waals surface area contributed by atoms with Crippen LogP contribution in [-0.2, 0) is 9.59 Å². The van der Waals surface area contributed by atoms with Crippen LogP contribution in [0.2, 0.25) is 0 Å². The van der Waals surface area contributed by atoms with Gasteiger partial charge in [-0.25, -0.2) is 0 Å². The Balaban J connectivity index is 2.13. The molecule has 0 bridgehead atoms. The lowest BCUT2D eigenvalue weighted by Gasteiger charge is -2.23. The first-order valence-electron chi connectivity index (χ1n) is 5.88. The topological polar surface area (TPSA) is 60.9 Å². The van der Waals surface area contributed by atoms with Crippen molar-refractivity contribution in [3.8, 4) is 0 Å². The van der Waals surface area contributed by atoms with Crippen molar-refractivity contribution in [3.63, 3.8) is 0 Å². The fourth-order valence-corrected chi connectivity index (χ4v) is 2.17. The normalized spacial score (nSPS) is 19.1. The molecule has 1 aliphatic rings. The number of amides is 2. The molecule has 96 valence electrons. The van der Waals surface area contributed by atoms with Gasteiger partial charge in [0, 0.05) is 19.3 Å². The van der Waals surface area contributed by atoms with Gasteiger partial charge in [-0.15, -0.1) is 0 Å². The van der Waals surface area contributed by atoms with E-state index in [-0.39, 0.29) is 5.91 Å². The molecule has 1 fully saturated rings. The molecule has 1 heterocycles. The third-order valence-corrected chi connectivity index (χ3v) is 3.24. The van der Waals surface area contributed by atoms with Crippen molar-refractivity contribution in [3.05, 3.63) is 30.3 Å². The molecule has 2 amide bonds. The summed E-state index contributed by atoms with van der Waals surface area (Å²) >= 11 is 0. The molecule has 1 atom stereocenters. The average molecular weight is 248 g/mol. The number of aliphatic hydroxyl groups excluding tert-OH is 1. The van der Waals surface area contributed by atoms with Gasteiger partial charge in [0.1, 0.15) is 12.6 Å². The number of aliphatic hydroxyl groups is 1. The summed E-state index contributed by atoms with van der Waals surface area (Å²) in [5, 5.41) is 8.82. The van der Waals surface area contributed by atoms with E-state index in [0.29, 0.717) is 13.0 Å². The summed E-state index contributed by atoms with van der Waals surface area (Å²) < 4.78 is 0. The maximum atomic E-state index is 12.2. The molecule has 1 aromatic carbocycles. The molecule has 2 rings (SSSR count). The number of carbonyl (C=O) groups excluding carboxylic acids is 2. The first-order chi connectivity index (χ1) is 8.65. The highest BCUT2D eigenvalue weighted by molar-refractivity contribution is 6.01. The maximum Gasteiger partial charge on any atom is 0.249 e. The van der Waals surface area contributed by atoms with Gasteiger partial charge in [-0.2, -0.15) is 0 Å². The Morgan fingerprint density at radius 1 is 1.44 bits per heavy atom. The molecular weight excluding hydrogens is 232 g/mol. The second kappa shape index (κ2) is 5.18. The van der Waals surface area contributed by atoms with E-state index < -0.39 is 18.6 Å². The molecule has 0 saturated carbocycles. The average Bonchev–Trinajstić information content (AvgIpc) is 2.80. The summed E-state index contributed by atoms with van der Waals surface area (Å²) in [7, 11) is 1.55. The van der Waals surface area contributed by atoms with Gasteiger partial charge in [0.25, 0.3) is 0 Å². The maximum absolute atomic E-state index is 12.2. The van der Waals surface area contributed by atoms with Crippen molar-refractivity contribution < 1.29 is 14.7 Å². The number of rotatable bonds is 3. The van der Waals surface area contributed by atoms with Crippen LogP contribution in [0.25, 0.3) is 0 Å². The number of nitrogens with zero attached hydrogens (tertiary/aromatic N) is 2. The van der Waals surface area contributed by atoms with Gasteiger partial charge in [-0.05, 0) is 18.6 Å². The number of likely N-dealkylation sites (N-methyl/N-ethyl adjacent to an activating group) is 1. The van der Waals surface area contributed by atoms with Crippen molar-refractivity contribution in [2.75, 3.05) is 25.1 Å². The largest absolute Gasteiger partial charge is 0.387 e. The summed E-state index contributed by atoms with van der Waals surface area (Å²) in [6.07, 6.45) is 0.593. The Morgan fingerprint density at radius 2 is 2.11 bits per heavy atom. The minimum Gasteiger partial charge on any atom is -0.387 e. The van der Waals surface area contributed by atoms with Gasteiger partial charge in [0.2, 0.25) is 11.8 Å². The van der Waals surface area contributed by atoms with Crippen molar-refractivity contribution in [1.29, 1.82) is 0 Å². The standard InChI is InChI=1S/C13H16N2O3/c1-14(12(17)9-16)11-7-8-15(13(11)18)10-5-3-2-4-6-10/h2-6,11,16H,7-9H2,1H3. The molecular formula is C13H16N2O3. The minimum absolute atomic E-state index is 0.0921. The lowest BCUT2D eigenvalue weighted by Crippen LogP contribution is -2.44. The third kappa shape index (κ3) is 2.22. The number of anilines is 1. The summed E-state index contributed by atoms with van der Waals surface area (Å²) in [5.41, 5.74) is 0.842. The van der Waals surface area contributed by atoms with Crippen molar-refractivity contribution in [1.82, 2.24) is 4.90 Å². The zero-order valence-electron chi connectivity index (χ0n) is 10.2. The van der Waals surface area contributed by atoms with Gasteiger partial charge in [-0.3, -0.25) is 9.59 Å². The smallest absolute Gasteiger partial charge is 0.249 e. The van der Waals surface area contributed by atoms with E-state index in [4.69, 9.17) is 5.11 Å². The Labute approximate surface area is 106 Å². The van der Waals surface area contributed by atoms with Crippen LogP contribution in [0.1, 0.15) is 6.42 Å². The Kier molecular flexibility index (Phi) is 3.62. The number of hydrogen-bond donors (Lipinski definition) is 1. The fourth-order valence-electron chi connectivity index (χ4n) is 2.17. The third-order valence-electron chi connectivity index (χ3n) is 3.24. The number of hydrogen-bond acceptors (Lipinski definition) is 3. The van der Waals surface area contributed by atoms with E-state index in [1.54, 1.807) is 11.9 Å². The molecule has 18 heavy (non-hydrogen) atoms. The summed E-state index contributed by atoms with van der Waals surface area (Å²) in [4.78, 5) is 26.6. The highest BCUT2D eigenvalue weighted by Gasteiger charge is 2.36. The molecule has 1 N–H and O–H groups in total. The van der Waals surface area contributed by atoms with Crippen molar-refractivity contribution >= 4 is 17.5 Å². The van der Waals surface area contributed by atoms with Crippen LogP contribution in [0.3, 0.4) is 0 Å². The van der Waals surface area contributed by atoms with Crippen LogP contribution in [0, 0.1) is 0 Å². The SMILES string of the molecule is CN(C(=O)CO)C1CCN(c2ccccc2)C1=O. The van der Waals surface area contributed by atoms with Gasteiger partial charge in [0.05, 0.1) is 0 Å². The second-order valence-corrected chi connectivity index (χ2v) is 4.29. The summed E-state index contributed by atoms with van der Waals surface area (Å²) in [5.74, 6) is -0.520. The number of para-hydroxylation sites is 1. The Bertz CT molecular complexity index is 447. The van der Waals surface area contributed by atoms with E-state index in [1.807, 2.05) is 30.3 Å². The van der Waals surface area contributed by atoms with Crippen LogP contribution in [0.4, 0.5) is 5.69 Å². The molecule has 0 spiro atoms. The zero-order chi connectivity index (χ0) is 13.1. The van der Waals surface area contributed by atoms with E-state index in [9.17, 15) is 9.59 Å². The molecule has 1 unspecified atom stereocenters. The Morgan fingerprint density at radius 3 is 2.72 bits per heavy atom. The first kappa shape index (κ1) is 12.6. The first-order valence-corrected chi connectivity index (χ1v) is 5.88. The predicted octanol–water partition coefficient (Wildman–Crippen LogP) is 0.243. The van der Waals surface area contributed by atoms with E-state index in [0.717, 1.165) is 5.69 Å². The minimum atomic E-state index is -0.564. The molecule has 0 aromatic heterocycles. The van der Waals surface area contributed by atoms with Gasteiger partial charge in [0.15, 0.2) is 0 Å². The van der Waals surface area contributed by atoms with E-state index >= 15 is 0 Å². The van der Waals surface area contributed by atoms with E-state index in [2.05, 4.69) is 0 Å². The number of benzene rings is 1. The highest BCUT2D eigenvalue weighted by atomic mass is 16.3. The highest BCUT2D eigenvalue weighted by Crippen LogP contribution is 2.23. The van der Waals surface area contributed by atoms with Gasteiger partial charge < -0.3 is 14.9 Å². The summed E-state index contributed by atoms with van der Waals surface area (Å²) in [6, 6.07) is 8.91. The molecule has 1 saturated heterocycles. The van der Waals surface area contributed by atoms with Gasteiger partial charge in [-0.1, -0.05) is 18.2 Å². The van der Waals surface area contributed by atoms with Crippen LogP contribution in [0.5, 0.6) is 0 Å². The zero-order valence-corrected chi connectivity index (χ0v) is 10.2. The molecule has 5 heteroatoms. The van der Waals surface area contributed by atoms with Crippen LogP contribution >= 0.6 is 0 Å². The molecule has 1 aliphatic heterocycles. The molecule has 0 aliphatic carbocycles. The monoisotopic (exact) mass is 248 g/mol. The fraction of sp³-hybridized carbons (Fsp3) is 0.385. The van der Waals surface area contributed by atoms with Crippen molar-refractivity contribution in [2.45, 2.75) is 12.5 Å². The second-order valence-electron chi connectivity index (χ2n) is 4.29. The molecule has 5 nitrogen and oxygen atoms in total. The van der Waals surface area contributed by atoms with E-state index in [1.165, 1.54) is 4.90 Å². The quantitative estimate of drug-likeness (QED) is 0.833. The predicted molar refractivity (Wildman–Crippen MR) is 67.1 cm³/mol. The molecule has 1 aromatic rings. The van der Waals surface area contributed by atoms with Crippen molar-refractivity contribution in [2.24, 2.45) is 0 Å². The van der Waals surface area contributed by atoms with Crippen LogP contribution in [0.15, 0.2) is 30.3 Å². The Hall–Kier alpha value is -1.88. The lowest BCUT2D eigenvalue weighted by atomic mass is 10.2.